The molecule has 0 spiro atoms. The Hall–Kier alpha value is -3.11. The Bertz CT molecular complexity index is 1370. The summed E-state index contributed by atoms with van der Waals surface area (Å²) in [5, 5.41) is 51.2. The number of nitrogens with zero attached hydrogens (tertiary/aromatic N) is 1. The zero-order valence-electron chi connectivity index (χ0n) is 24.9. The van der Waals surface area contributed by atoms with Crippen LogP contribution in [0.3, 0.4) is 0 Å². The molecule has 234 valence electrons. The van der Waals surface area contributed by atoms with Gasteiger partial charge in [-0.1, -0.05) is 86.0 Å². The summed E-state index contributed by atoms with van der Waals surface area (Å²) in [7, 11) is 0. The highest BCUT2D eigenvalue weighted by atomic mass is 16.5. The van der Waals surface area contributed by atoms with E-state index in [2.05, 4.69) is 12.1 Å². The molecular weight excluding hydrogens is 558 g/mol. The number of carbonyl (C=O) groups is 1. The Morgan fingerprint density at radius 1 is 0.773 bits per heavy atom. The highest BCUT2D eigenvalue weighted by molar-refractivity contribution is 6.03. The molecule has 8 atom stereocenters. The second-order valence-electron chi connectivity index (χ2n) is 12.6. The van der Waals surface area contributed by atoms with E-state index >= 15 is 0 Å². The molecular formula is C36H43NO7. The fourth-order valence-electron chi connectivity index (χ4n) is 7.31. The van der Waals surface area contributed by atoms with E-state index in [-0.39, 0.29) is 24.0 Å². The van der Waals surface area contributed by atoms with Crippen molar-refractivity contribution in [1.29, 1.82) is 0 Å². The minimum atomic E-state index is -1.42. The fourth-order valence-corrected chi connectivity index (χ4v) is 7.31. The Kier molecular flexibility index (Phi) is 9.47. The van der Waals surface area contributed by atoms with Crippen molar-refractivity contribution in [2.75, 3.05) is 11.5 Å². The van der Waals surface area contributed by atoms with Crippen molar-refractivity contribution in [3.8, 4) is 11.1 Å². The molecule has 0 bridgehead atoms. The van der Waals surface area contributed by atoms with Gasteiger partial charge in [0.25, 0.3) is 0 Å². The quantitative estimate of drug-likeness (QED) is 0.231. The van der Waals surface area contributed by atoms with Crippen molar-refractivity contribution in [3.63, 3.8) is 0 Å². The van der Waals surface area contributed by atoms with Gasteiger partial charge in [0, 0.05) is 5.69 Å². The van der Waals surface area contributed by atoms with Gasteiger partial charge in [0.15, 0.2) is 0 Å². The Labute approximate surface area is 258 Å². The molecule has 1 aliphatic carbocycles. The van der Waals surface area contributed by atoms with Gasteiger partial charge in [-0.25, -0.2) is 0 Å². The SMILES string of the molecule is O=C1[C@H](CC[C@H](O)C2CCCCC2)[C@@H](c2ccc(-c3ccc([C@@H]4O[C@H](CO)[C@@H](O)[C@H](O)[C@H]4O)cc3)cc2)N1c1ccccc1. The molecule has 1 saturated carbocycles. The number of rotatable bonds is 9. The molecule has 44 heavy (non-hydrogen) atoms. The lowest BCUT2D eigenvalue weighted by Crippen LogP contribution is -2.55. The second-order valence-corrected chi connectivity index (χ2v) is 12.6. The van der Waals surface area contributed by atoms with Gasteiger partial charge in [0.1, 0.15) is 30.5 Å². The van der Waals surface area contributed by atoms with Crippen LogP contribution in [0.15, 0.2) is 78.9 Å². The molecule has 8 heteroatoms. The first kappa shape index (κ1) is 30.9. The van der Waals surface area contributed by atoms with Crippen molar-refractivity contribution in [2.24, 2.45) is 11.8 Å². The lowest BCUT2D eigenvalue weighted by molar-refractivity contribution is -0.231. The van der Waals surface area contributed by atoms with Crippen LogP contribution >= 0.6 is 0 Å². The number of anilines is 1. The number of hydrogen-bond donors (Lipinski definition) is 5. The average Bonchev–Trinajstić information content (AvgIpc) is 3.07. The number of hydrogen-bond acceptors (Lipinski definition) is 7. The van der Waals surface area contributed by atoms with Crippen molar-refractivity contribution in [1.82, 2.24) is 0 Å². The van der Waals surface area contributed by atoms with Crippen LogP contribution in [-0.2, 0) is 9.53 Å². The van der Waals surface area contributed by atoms with Crippen LogP contribution in [0.5, 0.6) is 0 Å². The first-order valence-electron chi connectivity index (χ1n) is 15.9. The maximum atomic E-state index is 13.5. The molecule has 8 nitrogen and oxygen atoms in total. The molecule has 3 aromatic rings. The molecule has 2 aliphatic heterocycles. The summed E-state index contributed by atoms with van der Waals surface area (Å²) in [4.78, 5) is 15.3. The average molecular weight is 602 g/mol. The first-order chi connectivity index (χ1) is 21.4. The highest BCUT2D eigenvalue weighted by Crippen LogP contribution is 2.46. The molecule has 0 aromatic heterocycles. The van der Waals surface area contributed by atoms with E-state index in [1.807, 2.05) is 71.6 Å². The van der Waals surface area contributed by atoms with Crippen LogP contribution < -0.4 is 4.90 Å². The molecule has 3 aromatic carbocycles. The summed E-state index contributed by atoms with van der Waals surface area (Å²) in [6, 6.07) is 25.3. The van der Waals surface area contributed by atoms with Gasteiger partial charge in [-0.05, 0) is 66.0 Å². The Balaban J connectivity index is 1.18. The third-order valence-corrected chi connectivity index (χ3v) is 9.93. The van der Waals surface area contributed by atoms with Gasteiger partial charge < -0.3 is 35.2 Å². The lowest BCUT2D eigenvalue weighted by Gasteiger charge is -2.48. The fraction of sp³-hybridized carbons (Fsp3) is 0.472. The molecule has 0 radical (unpaired) electrons. The standard InChI is InChI=1S/C36H43NO7/c38-21-30-32(40)33(41)34(42)35(44-30)26-17-13-23(14-18-26)22-11-15-25(16-12-22)31-28(19-20-29(39)24-7-3-1-4-8-24)36(43)37(31)27-9-5-2-6-10-27/h2,5-6,9-18,24,28-35,38-42H,1,3-4,7-8,19-21H2/t28-,29+,30-,31-,32-,33+,34-,35+/m1/s1. The number of benzene rings is 3. The van der Waals surface area contributed by atoms with Crippen molar-refractivity contribution >= 4 is 11.6 Å². The van der Waals surface area contributed by atoms with E-state index in [0.29, 0.717) is 24.3 Å². The maximum Gasteiger partial charge on any atom is 0.233 e. The molecule has 6 rings (SSSR count). The zero-order valence-corrected chi connectivity index (χ0v) is 24.9. The van der Waals surface area contributed by atoms with E-state index in [4.69, 9.17) is 4.74 Å². The number of β-lactam (4-membered cyclic amide) rings is 1. The summed E-state index contributed by atoms with van der Waals surface area (Å²) in [5.74, 6) is 0.260. The second kappa shape index (κ2) is 13.5. The van der Waals surface area contributed by atoms with Crippen LogP contribution in [0.1, 0.15) is 68.2 Å². The van der Waals surface area contributed by atoms with Crippen LogP contribution in [0, 0.1) is 11.8 Å². The molecule has 1 amide bonds. The van der Waals surface area contributed by atoms with Crippen molar-refractivity contribution in [2.45, 2.75) is 87.6 Å². The monoisotopic (exact) mass is 601 g/mol. The zero-order chi connectivity index (χ0) is 30.8. The van der Waals surface area contributed by atoms with E-state index in [0.717, 1.165) is 35.2 Å². The minimum Gasteiger partial charge on any atom is -0.394 e. The summed E-state index contributed by atoms with van der Waals surface area (Å²) in [6.07, 6.45) is 0.704. The summed E-state index contributed by atoms with van der Waals surface area (Å²) in [6.45, 7) is -0.470. The van der Waals surface area contributed by atoms with Crippen LogP contribution in [0.4, 0.5) is 5.69 Å². The number of aliphatic hydroxyl groups excluding tert-OH is 5. The molecule has 0 unspecified atom stereocenters. The van der Waals surface area contributed by atoms with Gasteiger partial charge in [0.05, 0.1) is 24.7 Å². The van der Waals surface area contributed by atoms with Gasteiger partial charge in [-0.2, -0.15) is 0 Å². The lowest BCUT2D eigenvalue weighted by atomic mass is 9.76. The number of ether oxygens (including phenoxy) is 1. The number of para-hydroxylation sites is 1. The molecule has 5 N–H and O–H groups in total. The van der Waals surface area contributed by atoms with E-state index < -0.39 is 37.1 Å². The van der Waals surface area contributed by atoms with E-state index in [9.17, 15) is 30.3 Å². The van der Waals surface area contributed by atoms with Crippen molar-refractivity contribution < 1.29 is 35.1 Å². The topological polar surface area (TPSA) is 131 Å². The maximum absolute atomic E-state index is 13.5. The van der Waals surface area contributed by atoms with E-state index in [1.54, 1.807) is 0 Å². The summed E-state index contributed by atoms with van der Waals surface area (Å²) in [5.41, 5.74) is 4.48. The predicted octanol–water partition coefficient (Wildman–Crippen LogP) is 4.29. The molecule has 3 aliphatic rings. The molecule has 3 fully saturated rings. The molecule has 2 heterocycles. The predicted molar refractivity (Wildman–Crippen MR) is 167 cm³/mol. The van der Waals surface area contributed by atoms with Gasteiger partial charge >= 0.3 is 0 Å². The number of amides is 1. The number of carbonyl (C=O) groups excluding carboxylic acids is 1. The van der Waals surface area contributed by atoms with Crippen LogP contribution in [0.2, 0.25) is 0 Å². The van der Waals surface area contributed by atoms with Crippen LogP contribution in [-0.4, -0.2) is 68.6 Å². The minimum absolute atomic E-state index is 0.102. The third-order valence-electron chi connectivity index (χ3n) is 9.93. The third kappa shape index (κ3) is 6.07. The Morgan fingerprint density at radius 2 is 1.39 bits per heavy atom. The van der Waals surface area contributed by atoms with E-state index in [1.165, 1.54) is 19.3 Å². The Morgan fingerprint density at radius 3 is 2.00 bits per heavy atom. The smallest absolute Gasteiger partial charge is 0.233 e. The number of aliphatic hydroxyl groups is 5. The molecule has 2 saturated heterocycles. The summed E-state index contributed by atoms with van der Waals surface area (Å²) >= 11 is 0. The normalized spacial score (nSPS) is 30.2. The van der Waals surface area contributed by atoms with Crippen LogP contribution in [0.25, 0.3) is 11.1 Å². The van der Waals surface area contributed by atoms with Crippen molar-refractivity contribution in [3.05, 3.63) is 90.0 Å². The largest absolute Gasteiger partial charge is 0.394 e. The first-order valence-corrected chi connectivity index (χ1v) is 15.9. The summed E-state index contributed by atoms with van der Waals surface area (Å²) < 4.78 is 5.70. The van der Waals surface area contributed by atoms with Gasteiger partial charge in [-0.3, -0.25) is 4.79 Å². The van der Waals surface area contributed by atoms with Gasteiger partial charge in [-0.15, -0.1) is 0 Å². The highest BCUT2D eigenvalue weighted by Gasteiger charge is 2.48. The van der Waals surface area contributed by atoms with Gasteiger partial charge in [0.2, 0.25) is 5.91 Å².